The number of hydrogen-bond donors (Lipinski definition) is 0. The highest BCUT2D eigenvalue weighted by Crippen LogP contribution is 2.22. The van der Waals surface area contributed by atoms with Crippen molar-refractivity contribution in [2.75, 3.05) is 0 Å². The summed E-state index contributed by atoms with van der Waals surface area (Å²) in [6.45, 7) is 1.73. The van der Waals surface area contributed by atoms with Gasteiger partial charge in [0.25, 0.3) is 0 Å². The molecule has 3 heteroatoms. The maximum Gasteiger partial charge on any atom is 0.156 e. The van der Waals surface area contributed by atoms with Crippen LogP contribution in [0.5, 0.6) is 0 Å². The molecule has 10 heavy (non-hydrogen) atoms. The molecular formula is C7H7N3. The first kappa shape index (κ1) is 8.47. The summed E-state index contributed by atoms with van der Waals surface area (Å²) in [5.74, 6) is 0. The highest BCUT2D eigenvalue weighted by atomic mass is 14.4. The molecule has 50 valence electrons. The average Bonchev–Trinajstić information content (AvgIpc) is 2.01. The fourth-order valence-corrected chi connectivity index (χ4v) is 0.522. The van der Waals surface area contributed by atoms with E-state index in [1.54, 1.807) is 6.92 Å². The predicted molar refractivity (Wildman–Crippen MR) is 34.2 cm³/mol. The van der Waals surface area contributed by atoms with E-state index >= 15 is 0 Å². The summed E-state index contributed by atoms with van der Waals surface area (Å²) in [5, 5.41) is 25.2. The predicted octanol–water partition coefficient (Wildman–Crippen LogP) is 1.34. The quantitative estimate of drug-likeness (QED) is 0.570. The summed E-state index contributed by atoms with van der Waals surface area (Å²) in [7, 11) is 0. The zero-order chi connectivity index (χ0) is 8.04. The summed E-state index contributed by atoms with van der Waals surface area (Å²) < 4.78 is 0. The summed E-state index contributed by atoms with van der Waals surface area (Å²) >= 11 is 0. The molecule has 0 heterocycles. The van der Waals surface area contributed by atoms with Gasteiger partial charge in [0.05, 0.1) is 24.6 Å². The van der Waals surface area contributed by atoms with Gasteiger partial charge in [0.1, 0.15) is 0 Å². The maximum atomic E-state index is 8.48. The van der Waals surface area contributed by atoms with E-state index in [0.29, 0.717) is 6.42 Å². The minimum atomic E-state index is -1.07. The van der Waals surface area contributed by atoms with Crippen molar-refractivity contribution in [3.63, 3.8) is 0 Å². The molecule has 0 aliphatic rings. The van der Waals surface area contributed by atoms with Crippen molar-refractivity contribution >= 4 is 0 Å². The van der Waals surface area contributed by atoms with E-state index in [-0.39, 0.29) is 6.42 Å². The van der Waals surface area contributed by atoms with Gasteiger partial charge in [-0.15, -0.1) is 0 Å². The van der Waals surface area contributed by atoms with E-state index in [1.165, 1.54) is 0 Å². The molecule has 0 atom stereocenters. The summed E-state index contributed by atoms with van der Waals surface area (Å²) in [5.41, 5.74) is -1.07. The molecule has 0 radical (unpaired) electrons. The normalized spacial score (nSPS) is 9.00. The molecule has 0 aromatic rings. The van der Waals surface area contributed by atoms with Crippen LogP contribution >= 0.6 is 0 Å². The molecule has 0 aliphatic carbocycles. The van der Waals surface area contributed by atoms with Gasteiger partial charge in [0.15, 0.2) is 5.41 Å². The topological polar surface area (TPSA) is 71.4 Å². The highest BCUT2D eigenvalue weighted by Gasteiger charge is 2.26. The van der Waals surface area contributed by atoms with Crippen molar-refractivity contribution < 1.29 is 0 Å². The molecule has 0 N–H and O–H groups in total. The molecule has 3 nitrogen and oxygen atoms in total. The molecule has 0 aliphatic heterocycles. The molecular weight excluding hydrogens is 126 g/mol. The molecule has 0 unspecified atom stereocenters. The number of nitrogens with zero attached hydrogens (tertiary/aromatic N) is 3. The van der Waals surface area contributed by atoms with Crippen LogP contribution in [-0.2, 0) is 0 Å². The lowest BCUT2D eigenvalue weighted by Crippen LogP contribution is -2.13. The molecule has 0 saturated carbocycles. The fourth-order valence-electron chi connectivity index (χ4n) is 0.522. The first-order valence-corrected chi connectivity index (χ1v) is 2.94. The summed E-state index contributed by atoms with van der Waals surface area (Å²) in [4.78, 5) is 0. The lowest BCUT2D eigenvalue weighted by molar-refractivity contribution is 0.515. The Morgan fingerprint density at radius 1 is 1.20 bits per heavy atom. The Morgan fingerprint density at radius 2 is 1.70 bits per heavy atom. The Kier molecular flexibility index (Phi) is 2.95. The van der Waals surface area contributed by atoms with Crippen LogP contribution in [0.2, 0.25) is 0 Å². The van der Waals surface area contributed by atoms with E-state index in [9.17, 15) is 0 Å². The van der Waals surface area contributed by atoms with Gasteiger partial charge < -0.3 is 0 Å². The third kappa shape index (κ3) is 1.47. The van der Waals surface area contributed by atoms with Gasteiger partial charge in [0, 0.05) is 0 Å². The Morgan fingerprint density at radius 3 is 1.80 bits per heavy atom. The smallest absolute Gasteiger partial charge is 0.156 e. The Hall–Kier alpha value is -1.53. The Labute approximate surface area is 60.1 Å². The van der Waals surface area contributed by atoms with Gasteiger partial charge >= 0.3 is 0 Å². The van der Waals surface area contributed by atoms with E-state index < -0.39 is 5.41 Å². The van der Waals surface area contributed by atoms with Crippen LogP contribution in [-0.4, -0.2) is 0 Å². The van der Waals surface area contributed by atoms with Crippen molar-refractivity contribution in [3.8, 4) is 18.2 Å². The van der Waals surface area contributed by atoms with E-state index in [2.05, 4.69) is 0 Å². The van der Waals surface area contributed by atoms with E-state index in [0.717, 1.165) is 0 Å². The van der Waals surface area contributed by atoms with Gasteiger partial charge in [-0.2, -0.15) is 15.8 Å². The third-order valence-electron chi connectivity index (χ3n) is 1.41. The maximum absolute atomic E-state index is 8.48. The Balaban J connectivity index is 4.43. The van der Waals surface area contributed by atoms with Crippen molar-refractivity contribution in [1.82, 2.24) is 0 Å². The fraction of sp³-hybridized carbons (Fsp3) is 0.571. The van der Waals surface area contributed by atoms with Gasteiger partial charge in [-0.1, -0.05) is 6.92 Å². The van der Waals surface area contributed by atoms with Crippen molar-refractivity contribution in [1.29, 1.82) is 15.8 Å². The number of rotatable bonds is 2. The lowest BCUT2D eigenvalue weighted by atomic mass is 9.86. The van der Waals surface area contributed by atoms with Crippen molar-refractivity contribution in [2.45, 2.75) is 19.8 Å². The van der Waals surface area contributed by atoms with Crippen LogP contribution < -0.4 is 0 Å². The van der Waals surface area contributed by atoms with Crippen LogP contribution in [0.3, 0.4) is 0 Å². The monoisotopic (exact) mass is 133 g/mol. The van der Waals surface area contributed by atoms with Gasteiger partial charge in [0.2, 0.25) is 0 Å². The second-order valence-corrected chi connectivity index (χ2v) is 1.99. The van der Waals surface area contributed by atoms with Crippen LogP contribution in [0.1, 0.15) is 19.8 Å². The van der Waals surface area contributed by atoms with Crippen molar-refractivity contribution in [2.24, 2.45) is 5.41 Å². The zero-order valence-corrected chi connectivity index (χ0v) is 5.76. The molecule has 0 fully saturated rings. The van der Waals surface area contributed by atoms with Crippen LogP contribution in [0, 0.1) is 39.4 Å². The number of nitriles is 3. The average molecular weight is 133 g/mol. The Bertz CT molecular complexity index is 209. The third-order valence-corrected chi connectivity index (χ3v) is 1.41. The second-order valence-electron chi connectivity index (χ2n) is 1.99. The molecule has 0 aromatic heterocycles. The first-order chi connectivity index (χ1) is 4.74. The van der Waals surface area contributed by atoms with Crippen molar-refractivity contribution in [3.05, 3.63) is 0 Å². The van der Waals surface area contributed by atoms with Crippen LogP contribution in [0.4, 0.5) is 0 Å². The lowest BCUT2D eigenvalue weighted by Gasteiger charge is -2.09. The zero-order valence-electron chi connectivity index (χ0n) is 5.76. The van der Waals surface area contributed by atoms with Crippen LogP contribution in [0.15, 0.2) is 0 Å². The largest absolute Gasteiger partial charge is 0.198 e. The van der Waals surface area contributed by atoms with Crippen LogP contribution in [0.25, 0.3) is 0 Å². The van der Waals surface area contributed by atoms with E-state index in [4.69, 9.17) is 15.8 Å². The highest BCUT2D eigenvalue weighted by molar-refractivity contribution is 5.15. The molecule has 0 rings (SSSR count). The standard InChI is InChI=1S/C7H7N3/c1-2-7(5-9,6-10)3-4-8/h2-3H2,1H3. The van der Waals surface area contributed by atoms with Gasteiger partial charge in [-0.25, -0.2) is 0 Å². The molecule has 0 bridgehead atoms. The molecule has 0 amide bonds. The molecule has 0 saturated heterocycles. The van der Waals surface area contributed by atoms with Gasteiger partial charge in [-0.3, -0.25) is 0 Å². The van der Waals surface area contributed by atoms with Gasteiger partial charge in [-0.05, 0) is 6.42 Å². The first-order valence-electron chi connectivity index (χ1n) is 2.94. The molecule has 0 aromatic carbocycles. The minimum absolute atomic E-state index is 0.00347. The number of hydrogen-bond acceptors (Lipinski definition) is 3. The van der Waals surface area contributed by atoms with E-state index in [1.807, 2.05) is 18.2 Å². The SMILES string of the molecule is CCC(C#N)(C#N)CC#N. The summed E-state index contributed by atoms with van der Waals surface area (Å²) in [6.07, 6.45) is 0.407. The summed E-state index contributed by atoms with van der Waals surface area (Å²) in [6, 6.07) is 5.48. The minimum Gasteiger partial charge on any atom is -0.198 e. The molecule has 0 spiro atoms. The second kappa shape index (κ2) is 3.49.